The van der Waals surface area contributed by atoms with Gasteiger partial charge in [0.2, 0.25) is 0 Å². The zero-order chi connectivity index (χ0) is 46.4. The number of rotatable bonds is 20. The molecule has 0 N–H and O–H groups in total. The van der Waals surface area contributed by atoms with Crippen molar-refractivity contribution in [3.8, 4) is 95.2 Å². The molecule has 6 heteroatoms. The van der Waals surface area contributed by atoms with Gasteiger partial charge in [-0.2, -0.15) is 0 Å². The molecule has 0 aliphatic carbocycles. The first-order valence-corrected chi connectivity index (χ1v) is 21.3. The highest BCUT2D eigenvalue weighted by Crippen LogP contribution is 2.11. The lowest BCUT2D eigenvalue weighted by Gasteiger charge is -2.14. The second-order valence-corrected chi connectivity index (χ2v) is 13.5. The van der Waals surface area contributed by atoms with Gasteiger partial charge in [0, 0.05) is 18.2 Å². The minimum atomic E-state index is -0.421. The Balaban J connectivity index is 0.00000101. The van der Waals surface area contributed by atoms with E-state index < -0.39 is 5.97 Å². The summed E-state index contributed by atoms with van der Waals surface area (Å²) in [5.74, 6) is 36.5. The van der Waals surface area contributed by atoms with Crippen molar-refractivity contribution in [2.45, 2.75) is 117 Å². The SMILES string of the molecule is C#CC#CC#CC#CC#CC#CC#CC#CC(C)C(C)OC(=O)/C=C\c1ccccc1.C=CC(=O)OCCCCCCCCCCCC.CCC(C)OC(=O)/C=C\c1ccccc1. The molecular weight excluding hydrogens is 781 g/mol. The van der Waals surface area contributed by atoms with E-state index >= 15 is 0 Å². The highest BCUT2D eigenvalue weighted by molar-refractivity contribution is 5.87. The molecule has 2 rings (SSSR count). The summed E-state index contributed by atoms with van der Waals surface area (Å²) in [4.78, 5) is 33.9. The smallest absolute Gasteiger partial charge is 0.331 e. The van der Waals surface area contributed by atoms with Crippen LogP contribution in [0.3, 0.4) is 0 Å². The van der Waals surface area contributed by atoms with E-state index in [-0.39, 0.29) is 30.1 Å². The highest BCUT2D eigenvalue weighted by Gasteiger charge is 2.13. The topological polar surface area (TPSA) is 78.9 Å². The van der Waals surface area contributed by atoms with E-state index in [1.807, 2.05) is 81.4 Å². The van der Waals surface area contributed by atoms with Crippen molar-refractivity contribution in [3.05, 3.63) is 96.6 Å². The molecule has 6 nitrogen and oxygen atoms in total. The number of carbonyl (C=O) groups is 3. The molecule has 324 valence electrons. The van der Waals surface area contributed by atoms with Gasteiger partial charge in [0.25, 0.3) is 0 Å². The maximum Gasteiger partial charge on any atom is 0.331 e. The Hall–Kier alpha value is -7.45. The van der Waals surface area contributed by atoms with E-state index in [1.165, 1.54) is 76.0 Å². The Kier molecular flexibility index (Phi) is 36.4. The zero-order valence-electron chi connectivity index (χ0n) is 37.6. The van der Waals surface area contributed by atoms with Crippen LogP contribution < -0.4 is 0 Å². The maximum atomic E-state index is 11.9. The third-order valence-electron chi connectivity index (χ3n) is 8.35. The summed E-state index contributed by atoms with van der Waals surface area (Å²) in [6.07, 6.45) is 25.9. The molecule has 0 aromatic heterocycles. The Bertz CT molecular complexity index is 2210. The largest absolute Gasteiger partial charge is 0.463 e. The first-order chi connectivity index (χ1) is 30.7. The zero-order valence-corrected chi connectivity index (χ0v) is 37.6. The minimum Gasteiger partial charge on any atom is -0.463 e. The van der Waals surface area contributed by atoms with Crippen LogP contribution >= 0.6 is 0 Å². The van der Waals surface area contributed by atoms with Crippen LogP contribution in [0.4, 0.5) is 0 Å². The Morgan fingerprint density at radius 2 is 0.984 bits per heavy atom. The molecule has 0 aliphatic heterocycles. The molecule has 3 atom stereocenters. The first-order valence-electron chi connectivity index (χ1n) is 21.3. The molecule has 0 saturated carbocycles. The number of hydrogen-bond acceptors (Lipinski definition) is 6. The van der Waals surface area contributed by atoms with Crippen molar-refractivity contribution in [3.63, 3.8) is 0 Å². The third kappa shape index (κ3) is 37.3. The van der Waals surface area contributed by atoms with Gasteiger partial charge in [-0.3, -0.25) is 0 Å². The van der Waals surface area contributed by atoms with Gasteiger partial charge in [-0.1, -0.05) is 145 Å². The van der Waals surface area contributed by atoms with E-state index in [1.54, 1.807) is 19.1 Å². The molecule has 0 amide bonds. The molecule has 0 fully saturated rings. The second kappa shape index (κ2) is 41.3. The molecule has 0 spiro atoms. The molecule has 2 aromatic carbocycles. The van der Waals surface area contributed by atoms with Crippen molar-refractivity contribution in [2.24, 2.45) is 5.92 Å². The summed E-state index contributed by atoms with van der Waals surface area (Å²) in [7, 11) is 0. The van der Waals surface area contributed by atoms with Crippen molar-refractivity contribution < 1.29 is 28.6 Å². The van der Waals surface area contributed by atoms with Crippen LogP contribution in [0.25, 0.3) is 12.2 Å². The number of terminal acetylenes is 1. The van der Waals surface area contributed by atoms with Gasteiger partial charge in [0.05, 0.1) is 18.6 Å². The Morgan fingerprint density at radius 1 is 0.571 bits per heavy atom. The normalized spacial score (nSPS) is 10.4. The molecular formula is C57H60O6. The van der Waals surface area contributed by atoms with E-state index in [0.29, 0.717) is 6.61 Å². The minimum absolute atomic E-state index is 0.0158. The van der Waals surface area contributed by atoms with Gasteiger partial charge in [-0.25, -0.2) is 14.4 Å². The van der Waals surface area contributed by atoms with Crippen LogP contribution in [-0.2, 0) is 28.6 Å². The summed E-state index contributed by atoms with van der Waals surface area (Å²) >= 11 is 0. The molecule has 63 heavy (non-hydrogen) atoms. The second-order valence-electron chi connectivity index (χ2n) is 13.5. The quantitative estimate of drug-likeness (QED) is 0.0434. The van der Waals surface area contributed by atoms with Gasteiger partial charge in [-0.15, -0.1) is 6.42 Å². The number of hydrogen-bond donors (Lipinski definition) is 0. The molecule has 2 aromatic rings. The fourth-order valence-corrected chi connectivity index (χ4v) is 4.57. The average Bonchev–Trinajstić information content (AvgIpc) is 3.30. The highest BCUT2D eigenvalue weighted by atomic mass is 16.5. The summed E-state index contributed by atoms with van der Waals surface area (Å²) in [6.45, 7) is 13.6. The summed E-state index contributed by atoms with van der Waals surface area (Å²) in [5, 5.41) is 0. The fraction of sp³-hybridized carbons (Fsp3) is 0.351. The molecule has 0 radical (unpaired) electrons. The number of unbranched alkanes of at least 4 members (excludes halogenated alkanes) is 9. The maximum absolute atomic E-state index is 11.9. The predicted molar refractivity (Wildman–Crippen MR) is 258 cm³/mol. The van der Waals surface area contributed by atoms with Crippen molar-refractivity contribution in [1.29, 1.82) is 0 Å². The fourth-order valence-electron chi connectivity index (χ4n) is 4.57. The van der Waals surface area contributed by atoms with Gasteiger partial charge in [-0.05, 0) is 140 Å². The van der Waals surface area contributed by atoms with E-state index in [2.05, 4.69) is 102 Å². The van der Waals surface area contributed by atoms with Crippen LogP contribution in [0.1, 0.15) is 116 Å². The van der Waals surface area contributed by atoms with Crippen LogP contribution in [0.5, 0.6) is 0 Å². The van der Waals surface area contributed by atoms with Crippen molar-refractivity contribution in [2.75, 3.05) is 6.61 Å². The van der Waals surface area contributed by atoms with Gasteiger partial charge >= 0.3 is 17.9 Å². The number of benzene rings is 2. The van der Waals surface area contributed by atoms with Crippen LogP contribution in [0.2, 0.25) is 0 Å². The average molecular weight is 841 g/mol. The van der Waals surface area contributed by atoms with E-state index in [4.69, 9.17) is 20.6 Å². The van der Waals surface area contributed by atoms with Crippen molar-refractivity contribution >= 4 is 30.1 Å². The summed E-state index contributed by atoms with van der Waals surface area (Å²) < 4.78 is 15.3. The van der Waals surface area contributed by atoms with Crippen LogP contribution in [-0.4, -0.2) is 36.7 Å². The summed E-state index contributed by atoms with van der Waals surface area (Å²) in [6, 6.07) is 19.2. The predicted octanol–water partition coefficient (Wildman–Crippen LogP) is 10.6. The monoisotopic (exact) mass is 840 g/mol. The molecule has 0 bridgehead atoms. The number of esters is 3. The van der Waals surface area contributed by atoms with Crippen LogP contribution in [0.15, 0.2) is 85.5 Å². The third-order valence-corrected chi connectivity index (χ3v) is 8.35. The lowest BCUT2D eigenvalue weighted by Crippen LogP contribution is -2.19. The molecule has 0 saturated heterocycles. The molecule has 3 unspecified atom stereocenters. The molecule has 0 heterocycles. The lowest BCUT2D eigenvalue weighted by atomic mass is 10.1. The standard InChI is InChI=1S/C29H16O2.C15H28O2.C13H16O2/c1-4-5-6-7-8-9-10-11-12-13-14-15-16-18-21-26(2)27(3)31-29(30)25-24-28-22-19-17-20-23-28;1-3-5-6-7-8-9-10-11-12-13-14-17-15(16)4-2;1-3-11(2)15-13(14)10-9-12-7-5-4-6-8-12/h1,17,19-20,22-27H,2-3H3;4H,2-3,5-14H2,1H3;4-11H,3H2,1-2H3/b25-24-;;10-9-. The van der Waals surface area contributed by atoms with Crippen molar-refractivity contribution in [1.82, 2.24) is 0 Å². The van der Waals surface area contributed by atoms with Gasteiger partial charge in [0.15, 0.2) is 0 Å². The number of ether oxygens (including phenoxy) is 3. The summed E-state index contributed by atoms with van der Waals surface area (Å²) in [5.41, 5.74) is 1.92. The lowest BCUT2D eigenvalue weighted by molar-refractivity contribution is -0.143. The molecule has 0 aliphatic rings. The first kappa shape index (κ1) is 55.5. The number of carbonyl (C=O) groups excluding carboxylic acids is 3. The van der Waals surface area contributed by atoms with E-state index in [0.717, 1.165) is 24.0 Å². The van der Waals surface area contributed by atoms with Gasteiger partial charge < -0.3 is 14.2 Å². The van der Waals surface area contributed by atoms with E-state index in [9.17, 15) is 14.4 Å². The Morgan fingerprint density at radius 3 is 1.41 bits per heavy atom. The van der Waals surface area contributed by atoms with Crippen LogP contribution in [0, 0.1) is 101 Å². The van der Waals surface area contributed by atoms with Gasteiger partial charge in [0.1, 0.15) is 6.10 Å². The Labute approximate surface area is 379 Å².